The average Bonchev–Trinajstić information content (AvgIpc) is 3.20. The highest BCUT2D eigenvalue weighted by molar-refractivity contribution is 7.89. The number of rotatable bonds is 6. The summed E-state index contributed by atoms with van der Waals surface area (Å²) in [4.78, 5) is 0.331. The summed E-state index contributed by atoms with van der Waals surface area (Å²) < 4.78 is 27.4. The molecule has 4 nitrogen and oxygen atoms in total. The summed E-state index contributed by atoms with van der Waals surface area (Å²) in [5, 5.41) is 0. The molecule has 1 aromatic rings. The molecule has 0 saturated heterocycles. The van der Waals surface area contributed by atoms with Crippen LogP contribution in [-0.4, -0.2) is 21.0 Å². The van der Waals surface area contributed by atoms with Crippen LogP contribution in [0, 0.1) is 5.92 Å². The van der Waals surface area contributed by atoms with Crippen LogP contribution in [0.5, 0.6) is 0 Å². The van der Waals surface area contributed by atoms with Gasteiger partial charge in [0.05, 0.1) is 4.90 Å². The van der Waals surface area contributed by atoms with Crippen molar-refractivity contribution in [2.24, 2.45) is 11.7 Å². The maximum absolute atomic E-state index is 12.3. The van der Waals surface area contributed by atoms with Gasteiger partial charge in [-0.05, 0) is 42.4 Å². The number of hydrogen-bond acceptors (Lipinski definition) is 3. The topological polar surface area (TPSA) is 72.2 Å². The van der Waals surface area contributed by atoms with Gasteiger partial charge in [-0.25, -0.2) is 13.1 Å². The second-order valence-electron chi connectivity index (χ2n) is 5.53. The Morgan fingerprint density at radius 1 is 1.37 bits per heavy atom. The molecule has 0 spiro atoms. The molecule has 0 bridgehead atoms. The largest absolute Gasteiger partial charge is 0.329 e. The Balaban J connectivity index is 2.20. The van der Waals surface area contributed by atoms with Gasteiger partial charge < -0.3 is 5.73 Å². The van der Waals surface area contributed by atoms with Gasteiger partial charge in [0.25, 0.3) is 0 Å². The standard InChI is InChI=1S/C14H22N2O2S/c1-10(2)12-4-3-5-13(8-12)19(17,18)16-14(9-15)11-6-7-11/h3-5,8,10-11,14,16H,6-7,9,15H2,1-2H3/t14-/m0/s1. The van der Waals surface area contributed by atoms with Gasteiger partial charge in [-0.3, -0.25) is 0 Å². The average molecular weight is 282 g/mol. The first-order chi connectivity index (χ1) is 8.94. The van der Waals surface area contributed by atoms with E-state index in [0.29, 0.717) is 23.3 Å². The summed E-state index contributed by atoms with van der Waals surface area (Å²) >= 11 is 0. The molecule has 0 amide bonds. The molecule has 0 radical (unpaired) electrons. The maximum atomic E-state index is 12.3. The number of benzene rings is 1. The van der Waals surface area contributed by atoms with Gasteiger partial charge in [0.15, 0.2) is 0 Å². The molecule has 1 saturated carbocycles. The summed E-state index contributed by atoms with van der Waals surface area (Å²) in [7, 11) is -3.46. The quantitative estimate of drug-likeness (QED) is 0.836. The lowest BCUT2D eigenvalue weighted by atomic mass is 10.0. The zero-order valence-corrected chi connectivity index (χ0v) is 12.3. The van der Waals surface area contributed by atoms with Crippen LogP contribution < -0.4 is 10.5 Å². The van der Waals surface area contributed by atoms with Gasteiger partial charge in [-0.1, -0.05) is 26.0 Å². The molecule has 5 heteroatoms. The Morgan fingerprint density at radius 3 is 2.58 bits per heavy atom. The van der Waals surface area contributed by atoms with E-state index in [9.17, 15) is 8.42 Å². The molecule has 0 unspecified atom stereocenters. The molecule has 2 rings (SSSR count). The van der Waals surface area contributed by atoms with Crippen LogP contribution >= 0.6 is 0 Å². The van der Waals surface area contributed by atoms with Gasteiger partial charge in [0.2, 0.25) is 10.0 Å². The molecular weight excluding hydrogens is 260 g/mol. The van der Waals surface area contributed by atoms with E-state index < -0.39 is 10.0 Å². The van der Waals surface area contributed by atoms with Crippen molar-refractivity contribution in [2.75, 3.05) is 6.54 Å². The van der Waals surface area contributed by atoms with Crippen LogP contribution in [0.15, 0.2) is 29.2 Å². The van der Waals surface area contributed by atoms with Crippen molar-refractivity contribution >= 4 is 10.0 Å². The summed E-state index contributed by atoms with van der Waals surface area (Å²) in [5.41, 5.74) is 6.68. The Labute approximate surface area is 115 Å². The minimum atomic E-state index is -3.46. The van der Waals surface area contributed by atoms with Gasteiger partial charge in [0, 0.05) is 12.6 Å². The zero-order valence-electron chi connectivity index (χ0n) is 11.5. The van der Waals surface area contributed by atoms with E-state index >= 15 is 0 Å². The van der Waals surface area contributed by atoms with Crippen molar-refractivity contribution in [3.8, 4) is 0 Å². The zero-order chi connectivity index (χ0) is 14.0. The van der Waals surface area contributed by atoms with E-state index in [1.807, 2.05) is 19.9 Å². The molecular formula is C14H22N2O2S. The molecule has 1 fully saturated rings. The third-order valence-corrected chi connectivity index (χ3v) is 5.07. The second kappa shape index (κ2) is 5.61. The lowest BCUT2D eigenvalue weighted by Gasteiger charge is -2.17. The van der Waals surface area contributed by atoms with Gasteiger partial charge in [0.1, 0.15) is 0 Å². The van der Waals surface area contributed by atoms with Crippen molar-refractivity contribution < 1.29 is 8.42 Å². The number of hydrogen-bond donors (Lipinski definition) is 2. The van der Waals surface area contributed by atoms with Crippen molar-refractivity contribution in [3.63, 3.8) is 0 Å². The van der Waals surface area contributed by atoms with Crippen LogP contribution in [0.4, 0.5) is 0 Å². The number of nitrogens with two attached hydrogens (primary N) is 1. The van der Waals surface area contributed by atoms with Crippen LogP contribution in [0.2, 0.25) is 0 Å². The molecule has 106 valence electrons. The van der Waals surface area contributed by atoms with Gasteiger partial charge >= 0.3 is 0 Å². The highest BCUT2D eigenvalue weighted by Gasteiger charge is 2.33. The highest BCUT2D eigenvalue weighted by atomic mass is 32.2. The molecule has 3 N–H and O–H groups in total. The normalized spacial score (nSPS) is 17.7. The second-order valence-corrected chi connectivity index (χ2v) is 7.24. The first kappa shape index (κ1) is 14.5. The lowest BCUT2D eigenvalue weighted by molar-refractivity contribution is 0.519. The van der Waals surface area contributed by atoms with E-state index in [-0.39, 0.29) is 6.04 Å². The Bertz CT molecular complexity index is 536. The van der Waals surface area contributed by atoms with Crippen molar-refractivity contribution in [1.29, 1.82) is 0 Å². The lowest BCUT2D eigenvalue weighted by Crippen LogP contribution is -2.41. The predicted molar refractivity (Wildman–Crippen MR) is 76.4 cm³/mol. The molecule has 0 heterocycles. The summed E-state index contributed by atoms with van der Waals surface area (Å²) in [6, 6.07) is 6.98. The van der Waals surface area contributed by atoms with Crippen LogP contribution in [0.25, 0.3) is 0 Å². The van der Waals surface area contributed by atoms with E-state index in [1.54, 1.807) is 18.2 Å². The van der Waals surface area contributed by atoms with E-state index in [2.05, 4.69) is 4.72 Å². The van der Waals surface area contributed by atoms with Crippen molar-refractivity contribution in [3.05, 3.63) is 29.8 Å². The number of sulfonamides is 1. The Morgan fingerprint density at radius 2 is 2.05 bits per heavy atom. The Kier molecular flexibility index (Phi) is 4.28. The maximum Gasteiger partial charge on any atom is 0.240 e. The fourth-order valence-corrected chi connectivity index (χ4v) is 3.52. The van der Waals surface area contributed by atoms with Gasteiger partial charge in [-0.15, -0.1) is 0 Å². The molecule has 1 aliphatic carbocycles. The molecule has 0 aliphatic heterocycles. The Hall–Kier alpha value is -0.910. The fraction of sp³-hybridized carbons (Fsp3) is 0.571. The van der Waals surface area contributed by atoms with Crippen molar-refractivity contribution in [2.45, 2.75) is 43.5 Å². The van der Waals surface area contributed by atoms with Crippen molar-refractivity contribution in [1.82, 2.24) is 4.72 Å². The fourth-order valence-electron chi connectivity index (χ4n) is 2.14. The van der Waals surface area contributed by atoms with Crippen LogP contribution in [-0.2, 0) is 10.0 Å². The van der Waals surface area contributed by atoms with Crippen LogP contribution in [0.1, 0.15) is 38.2 Å². The first-order valence-electron chi connectivity index (χ1n) is 6.76. The third-order valence-electron chi connectivity index (χ3n) is 3.59. The number of nitrogens with one attached hydrogen (secondary N) is 1. The van der Waals surface area contributed by atoms with Crippen LogP contribution in [0.3, 0.4) is 0 Å². The first-order valence-corrected chi connectivity index (χ1v) is 8.24. The summed E-state index contributed by atoms with van der Waals surface area (Å²) in [6.07, 6.45) is 2.13. The molecule has 1 aromatic carbocycles. The molecule has 1 atom stereocenters. The summed E-state index contributed by atoms with van der Waals surface area (Å²) in [5.74, 6) is 0.719. The molecule has 0 aromatic heterocycles. The SMILES string of the molecule is CC(C)c1cccc(S(=O)(=O)N[C@@H](CN)C2CC2)c1. The third kappa shape index (κ3) is 3.55. The molecule has 19 heavy (non-hydrogen) atoms. The van der Waals surface area contributed by atoms with E-state index in [0.717, 1.165) is 18.4 Å². The van der Waals surface area contributed by atoms with E-state index in [4.69, 9.17) is 5.73 Å². The van der Waals surface area contributed by atoms with Gasteiger partial charge in [-0.2, -0.15) is 0 Å². The molecule has 1 aliphatic rings. The smallest absolute Gasteiger partial charge is 0.240 e. The minimum absolute atomic E-state index is 0.132. The minimum Gasteiger partial charge on any atom is -0.329 e. The predicted octanol–water partition coefficient (Wildman–Crippen LogP) is 1.83. The monoisotopic (exact) mass is 282 g/mol. The summed E-state index contributed by atoms with van der Waals surface area (Å²) in [6.45, 7) is 4.45. The highest BCUT2D eigenvalue weighted by Crippen LogP contribution is 2.33. The van der Waals surface area contributed by atoms with E-state index in [1.165, 1.54) is 0 Å².